The Kier molecular flexibility index (Phi) is 5.84. The standard InChI is InChI=1S/C21H22N4O3S/c26-19(22-9-10-24-11-13-28-14-12-24)15-5-7-16(8-6-15)25-20(27)17-3-1-2-4-18(17)23-21(25)29/h1-8H,9-14H2,(H,22,26)(H,23,29)/p+1. The van der Waals surface area contributed by atoms with E-state index in [1.165, 1.54) is 9.47 Å². The second kappa shape index (κ2) is 8.69. The normalized spacial score (nSPS) is 14.8. The summed E-state index contributed by atoms with van der Waals surface area (Å²) in [6.07, 6.45) is 0. The number of nitrogens with zero attached hydrogens (tertiary/aromatic N) is 1. The van der Waals surface area contributed by atoms with E-state index in [9.17, 15) is 9.59 Å². The Labute approximate surface area is 172 Å². The first-order chi connectivity index (χ1) is 14.1. The maximum absolute atomic E-state index is 12.8. The zero-order valence-corrected chi connectivity index (χ0v) is 16.8. The van der Waals surface area contributed by atoms with Gasteiger partial charge >= 0.3 is 0 Å². The molecular weight excluding hydrogens is 388 g/mol. The van der Waals surface area contributed by atoms with Crippen LogP contribution in [0.3, 0.4) is 0 Å². The molecule has 7 nitrogen and oxygen atoms in total. The maximum Gasteiger partial charge on any atom is 0.266 e. The molecule has 1 aliphatic heterocycles. The molecule has 150 valence electrons. The number of H-pyrrole nitrogens is 1. The van der Waals surface area contributed by atoms with Gasteiger partial charge in [0.15, 0.2) is 4.77 Å². The highest BCUT2D eigenvalue weighted by Crippen LogP contribution is 2.12. The molecule has 8 heteroatoms. The number of para-hydroxylation sites is 1. The average Bonchev–Trinajstić information content (AvgIpc) is 2.75. The van der Waals surface area contributed by atoms with Crippen molar-refractivity contribution in [2.75, 3.05) is 39.4 Å². The van der Waals surface area contributed by atoms with Gasteiger partial charge in [0.1, 0.15) is 13.1 Å². The van der Waals surface area contributed by atoms with E-state index in [1.807, 2.05) is 18.2 Å². The van der Waals surface area contributed by atoms with E-state index in [-0.39, 0.29) is 11.5 Å². The summed E-state index contributed by atoms with van der Waals surface area (Å²) >= 11 is 5.37. The monoisotopic (exact) mass is 411 g/mol. The lowest BCUT2D eigenvalue weighted by Crippen LogP contribution is -3.14. The lowest BCUT2D eigenvalue weighted by Gasteiger charge is -2.23. The molecule has 2 heterocycles. The molecule has 2 aromatic carbocycles. The molecule has 0 aliphatic carbocycles. The highest BCUT2D eigenvalue weighted by Gasteiger charge is 2.14. The first-order valence-corrected chi connectivity index (χ1v) is 10.1. The van der Waals surface area contributed by atoms with Crippen LogP contribution in [0.4, 0.5) is 0 Å². The van der Waals surface area contributed by atoms with Crippen LogP contribution >= 0.6 is 12.2 Å². The molecule has 0 saturated carbocycles. The van der Waals surface area contributed by atoms with Gasteiger partial charge in [-0.2, -0.15) is 0 Å². The first-order valence-electron chi connectivity index (χ1n) is 9.67. The molecule has 0 unspecified atom stereocenters. The van der Waals surface area contributed by atoms with Crippen molar-refractivity contribution in [3.05, 3.63) is 69.2 Å². The third-order valence-electron chi connectivity index (χ3n) is 5.16. The molecule has 0 radical (unpaired) electrons. The molecule has 0 bridgehead atoms. The Morgan fingerprint density at radius 3 is 2.62 bits per heavy atom. The minimum Gasteiger partial charge on any atom is -0.370 e. The third-order valence-corrected chi connectivity index (χ3v) is 5.44. The van der Waals surface area contributed by atoms with Crippen molar-refractivity contribution >= 4 is 29.0 Å². The van der Waals surface area contributed by atoms with Crippen molar-refractivity contribution in [3.8, 4) is 5.69 Å². The Balaban J connectivity index is 1.48. The fraction of sp³-hybridized carbons (Fsp3) is 0.286. The third kappa shape index (κ3) is 4.29. The molecule has 29 heavy (non-hydrogen) atoms. The number of fused-ring (bicyclic) bond motifs is 1. The highest BCUT2D eigenvalue weighted by atomic mass is 32.1. The summed E-state index contributed by atoms with van der Waals surface area (Å²) in [7, 11) is 0. The van der Waals surface area contributed by atoms with Gasteiger partial charge in [0, 0.05) is 5.56 Å². The first kappa shape index (κ1) is 19.5. The number of morpholine rings is 1. The van der Waals surface area contributed by atoms with E-state index >= 15 is 0 Å². The van der Waals surface area contributed by atoms with Gasteiger partial charge in [0.05, 0.1) is 42.9 Å². The van der Waals surface area contributed by atoms with Gasteiger partial charge in [-0.3, -0.25) is 14.2 Å². The van der Waals surface area contributed by atoms with Crippen LogP contribution in [-0.2, 0) is 4.74 Å². The molecule has 0 atom stereocenters. The highest BCUT2D eigenvalue weighted by molar-refractivity contribution is 7.71. The van der Waals surface area contributed by atoms with Crippen molar-refractivity contribution in [2.24, 2.45) is 0 Å². The lowest BCUT2D eigenvalue weighted by molar-refractivity contribution is -0.906. The minimum absolute atomic E-state index is 0.125. The SMILES string of the molecule is O=C(NCC[NH+]1CCOCC1)c1ccc(-n2c(=S)[nH]c3ccccc3c2=O)cc1. The summed E-state index contributed by atoms with van der Waals surface area (Å²) in [5.74, 6) is -0.125. The number of rotatable bonds is 5. The Bertz CT molecular complexity index is 1130. The summed E-state index contributed by atoms with van der Waals surface area (Å²) in [6.45, 7) is 5.01. The van der Waals surface area contributed by atoms with Crippen LogP contribution in [0, 0.1) is 4.77 Å². The second-order valence-corrected chi connectivity index (χ2v) is 7.42. The molecule has 1 aromatic heterocycles. The number of carbonyl (C=O) groups excluding carboxylic acids is 1. The van der Waals surface area contributed by atoms with Gasteiger partial charge < -0.3 is 19.9 Å². The summed E-state index contributed by atoms with van der Waals surface area (Å²) in [6, 6.07) is 14.2. The number of benzene rings is 2. The van der Waals surface area contributed by atoms with Crippen LogP contribution in [0.2, 0.25) is 0 Å². The van der Waals surface area contributed by atoms with E-state index in [2.05, 4.69) is 10.3 Å². The van der Waals surface area contributed by atoms with E-state index in [0.29, 0.717) is 33.5 Å². The number of aromatic nitrogens is 2. The van der Waals surface area contributed by atoms with Gasteiger partial charge in [0.2, 0.25) is 0 Å². The molecule has 3 aromatic rings. The molecule has 1 amide bonds. The number of hydrogen-bond donors (Lipinski definition) is 3. The lowest BCUT2D eigenvalue weighted by atomic mass is 10.2. The topological polar surface area (TPSA) is 80.6 Å². The molecule has 1 fully saturated rings. The van der Waals surface area contributed by atoms with Gasteiger partial charge in [-0.05, 0) is 48.6 Å². The number of amides is 1. The molecule has 3 N–H and O–H groups in total. The maximum atomic E-state index is 12.8. The van der Waals surface area contributed by atoms with Gasteiger partial charge in [0.25, 0.3) is 11.5 Å². The predicted molar refractivity (Wildman–Crippen MR) is 113 cm³/mol. The largest absolute Gasteiger partial charge is 0.370 e. The molecule has 0 spiro atoms. The number of hydrogen-bond acceptors (Lipinski definition) is 4. The zero-order valence-electron chi connectivity index (χ0n) is 15.9. The predicted octanol–water partition coefficient (Wildman–Crippen LogP) is 0.693. The number of aromatic amines is 1. The Morgan fingerprint density at radius 1 is 1.14 bits per heavy atom. The summed E-state index contributed by atoms with van der Waals surface area (Å²) < 4.78 is 7.11. The smallest absolute Gasteiger partial charge is 0.266 e. The fourth-order valence-electron chi connectivity index (χ4n) is 3.52. The van der Waals surface area contributed by atoms with Crippen molar-refractivity contribution in [3.63, 3.8) is 0 Å². The minimum atomic E-state index is -0.185. The molecule has 1 aliphatic rings. The number of carbonyl (C=O) groups is 1. The summed E-state index contributed by atoms with van der Waals surface area (Å²) in [4.78, 5) is 29.8. The molecule has 4 rings (SSSR count). The number of quaternary nitrogens is 1. The van der Waals surface area contributed by atoms with Crippen molar-refractivity contribution < 1.29 is 14.4 Å². The van der Waals surface area contributed by atoms with Gasteiger partial charge in [-0.15, -0.1) is 0 Å². The zero-order chi connectivity index (χ0) is 20.2. The van der Waals surface area contributed by atoms with Crippen LogP contribution in [0.25, 0.3) is 16.6 Å². The second-order valence-electron chi connectivity index (χ2n) is 7.03. The van der Waals surface area contributed by atoms with Crippen LogP contribution in [0.5, 0.6) is 0 Å². The summed E-state index contributed by atoms with van der Waals surface area (Å²) in [5, 5.41) is 3.52. The van der Waals surface area contributed by atoms with E-state index in [0.717, 1.165) is 32.8 Å². The van der Waals surface area contributed by atoms with Crippen LogP contribution < -0.4 is 15.8 Å². The number of nitrogens with one attached hydrogen (secondary N) is 3. The van der Waals surface area contributed by atoms with E-state index in [1.54, 1.807) is 30.3 Å². The quantitative estimate of drug-likeness (QED) is 0.540. The van der Waals surface area contributed by atoms with Crippen LogP contribution in [0.1, 0.15) is 10.4 Å². The molecule has 1 saturated heterocycles. The van der Waals surface area contributed by atoms with Crippen LogP contribution in [0.15, 0.2) is 53.3 Å². The van der Waals surface area contributed by atoms with Crippen molar-refractivity contribution in [1.29, 1.82) is 0 Å². The van der Waals surface area contributed by atoms with E-state index < -0.39 is 0 Å². The van der Waals surface area contributed by atoms with Gasteiger partial charge in [-0.25, -0.2) is 0 Å². The average molecular weight is 412 g/mol. The van der Waals surface area contributed by atoms with Crippen molar-refractivity contribution in [2.45, 2.75) is 0 Å². The number of ether oxygens (including phenoxy) is 1. The van der Waals surface area contributed by atoms with E-state index in [4.69, 9.17) is 17.0 Å². The Hall–Kier alpha value is -2.81. The van der Waals surface area contributed by atoms with Crippen molar-refractivity contribution in [1.82, 2.24) is 14.9 Å². The fourth-order valence-corrected chi connectivity index (χ4v) is 3.82. The molecular formula is C21H23N4O3S+. The van der Waals surface area contributed by atoms with Crippen LogP contribution in [-0.4, -0.2) is 54.9 Å². The summed E-state index contributed by atoms with van der Waals surface area (Å²) in [5.41, 5.74) is 1.69. The Morgan fingerprint density at radius 2 is 1.86 bits per heavy atom. The van der Waals surface area contributed by atoms with Gasteiger partial charge in [-0.1, -0.05) is 12.1 Å².